The third kappa shape index (κ3) is 3.21. The number of hydrogen-bond acceptors (Lipinski definition) is 6. The molecule has 2 amide bonds. The molecule has 7 nitrogen and oxygen atoms in total. The van der Waals surface area contributed by atoms with E-state index >= 15 is 0 Å². The normalized spacial score (nSPS) is 25.2. The number of carbonyl (C=O) groups is 4. The van der Waals surface area contributed by atoms with Gasteiger partial charge in [-0.05, 0) is 60.7 Å². The van der Waals surface area contributed by atoms with Gasteiger partial charge in [-0.1, -0.05) is 18.2 Å². The van der Waals surface area contributed by atoms with E-state index in [4.69, 9.17) is 9.47 Å². The van der Waals surface area contributed by atoms with E-state index in [1.54, 1.807) is 36.4 Å². The Labute approximate surface area is 184 Å². The lowest BCUT2D eigenvalue weighted by molar-refractivity contribution is -0.123. The summed E-state index contributed by atoms with van der Waals surface area (Å²) >= 11 is 0. The van der Waals surface area contributed by atoms with Gasteiger partial charge in [-0.15, -0.1) is 0 Å². The maximum Gasteiger partial charge on any atom is 0.338 e. The van der Waals surface area contributed by atoms with Gasteiger partial charge < -0.3 is 9.47 Å². The Morgan fingerprint density at radius 3 is 2.22 bits per heavy atom. The molecule has 7 heteroatoms. The van der Waals surface area contributed by atoms with E-state index in [0.29, 0.717) is 17.0 Å². The van der Waals surface area contributed by atoms with Gasteiger partial charge in [-0.2, -0.15) is 0 Å². The number of rotatable bonds is 6. The standard InChI is InChI=1S/C25H21NO6/c1-31-19-9-7-14(8-10-19)20(27)13-32-25(30)17-3-2-4-18(12-17)26-23(28)21-15-5-6-16(11-15)22(21)24(26)29/h2-10,12,15-16,21-22H,11,13H2,1H3/t15-,16-,21+,22+/m0/s1. The van der Waals surface area contributed by atoms with Crippen LogP contribution in [-0.4, -0.2) is 37.3 Å². The fraction of sp³-hybridized carbons (Fsp3) is 0.280. The zero-order valence-corrected chi connectivity index (χ0v) is 17.4. The van der Waals surface area contributed by atoms with E-state index < -0.39 is 12.6 Å². The molecule has 162 valence electrons. The molecule has 4 atom stereocenters. The third-order valence-electron chi connectivity index (χ3n) is 6.56. The number of esters is 1. The van der Waals surface area contributed by atoms with Gasteiger partial charge in [0.25, 0.3) is 0 Å². The van der Waals surface area contributed by atoms with Gasteiger partial charge in [0.05, 0.1) is 30.2 Å². The molecular formula is C25H21NO6. The van der Waals surface area contributed by atoms with Crippen molar-refractivity contribution in [2.75, 3.05) is 18.6 Å². The number of imide groups is 1. The van der Waals surface area contributed by atoms with Gasteiger partial charge >= 0.3 is 5.97 Å². The summed E-state index contributed by atoms with van der Waals surface area (Å²) in [6.07, 6.45) is 4.93. The Kier molecular flexibility index (Phi) is 4.89. The van der Waals surface area contributed by atoms with E-state index in [1.807, 2.05) is 12.2 Å². The average Bonchev–Trinajstić information content (AvgIpc) is 3.51. The topological polar surface area (TPSA) is 90.0 Å². The number of methoxy groups -OCH3 is 1. The summed E-state index contributed by atoms with van der Waals surface area (Å²) in [6, 6.07) is 12.7. The van der Waals surface area contributed by atoms with Crippen molar-refractivity contribution >= 4 is 29.3 Å². The lowest BCUT2D eigenvalue weighted by Crippen LogP contribution is -2.33. The van der Waals surface area contributed by atoms with E-state index in [1.165, 1.54) is 24.1 Å². The highest BCUT2D eigenvalue weighted by molar-refractivity contribution is 6.23. The summed E-state index contributed by atoms with van der Waals surface area (Å²) in [6.45, 7) is -0.420. The number of benzene rings is 2. The molecule has 1 saturated heterocycles. The smallest absolute Gasteiger partial charge is 0.338 e. The van der Waals surface area contributed by atoms with Crippen molar-refractivity contribution in [3.63, 3.8) is 0 Å². The van der Waals surface area contributed by atoms with Crippen LogP contribution in [0.1, 0.15) is 27.1 Å². The average molecular weight is 431 g/mol. The molecule has 2 bridgehead atoms. The number of hydrogen-bond donors (Lipinski definition) is 0. The second kappa shape index (κ2) is 7.75. The fourth-order valence-corrected chi connectivity index (χ4v) is 5.00. The molecule has 2 aromatic rings. The number of Topliss-reactive ketones (excluding diaryl/α,β-unsaturated/α-hetero) is 1. The van der Waals surface area contributed by atoms with Crippen molar-refractivity contribution in [3.05, 3.63) is 71.8 Å². The van der Waals surface area contributed by atoms with Crippen molar-refractivity contribution < 1.29 is 28.7 Å². The minimum atomic E-state index is -0.699. The van der Waals surface area contributed by atoms with Gasteiger partial charge in [0.15, 0.2) is 12.4 Å². The van der Waals surface area contributed by atoms with Gasteiger partial charge in [0.1, 0.15) is 5.75 Å². The van der Waals surface area contributed by atoms with Crippen LogP contribution < -0.4 is 9.64 Å². The van der Waals surface area contributed by atoms with E-state index in [9.17, 15) is 19.2 Å². The number of carbonyl (C=O) groups excluding carboxylic acids is 4. The second-order valence-electron chi connectivity index (χ2n) is 8.29. The lowest BCUT2D eigenvalue weighted by Gasteiger charge is -2.18. The first kappa shape index (κ1) is 20.2. The first-order valence-corrected chi connectivity index (χ1v) is 10.5. The molecule has 1 saturated carbocycles. The van der Waals surface area contributed by atoms with Crippen LogP contribution in [0.4, 0.5) is 5.69 Å². The predicted molar refractivity (Wildman–Crippen MR) is 114 cm³/mol. The van der Waals surface area contributed by atoms with Crippen LogP contribution >= 0.6 is 0 Å². The third-order valence-corrected chi connectivity index (χ3v) is 6.56. The molecule has 2 aromatic carbocycles. The molecule has 5 rings (SSSR count). The van der Waals surface area contributed by atoms with Gasteiger partial charge in [0, 0.05) is 5.56 Å². The summed E-state index contributed by atoms with van der Waals surface area (Å²) < 4.78 is 10.2. The van der Waals surface area contributed by atoms with Crippen molar-refractivity contribution in [2.45, 2.75) is 6.42 Å². The molecule has 0 spiro atoms. The van der Waals surface area contributed by atoms with E-state index in [0.717, 1.165) is 6.42 Å². The summed E-state index contributed by atoms with van der Waals surface area (Å²) in [5.41, 5.74) is 0.920. The molecule has 0 N–H and O–H groups in total. The highest BCUT2D eigenvalue weighted by Gasteiger charge is 2.59. The van der Waals surface area contributed by atoms with Crippen molar-refractivity contribution in [1.29, 1.82) is 0 Å². The van der Waals surface area contributed by atoms with Crippen LogP contribution in [0.25, 0.3) is 0 Å². The highest BCUT2D eigenvalue weighted by Crippen LogP contribution is 2.53. The van der Waals surface area contributed by atoms with Crippen LogP contribution in [0.5, 0.6) is 5.75 Å². The molecule has 0 unspecified atom stereocenters. The molecular weight excluding hydrogens is 410 g/mol. The lowest BCUT2D eigenvalue weighted by atomic mass is 9.85. The monoisotopic (exact) mass is 431 g/mol. The Morgan fingerprint density at radius 2 is 1.59 bits per heavy atom. The Balaban J connectivity index is 1.28. The van der Waals surface area contributed by atoms with Crippen LogP contribution in [0, 0.1) is 23.7 Å². The molecule has 2 aliphatic carbocycles. The number of fused-ring (bicyclic) bond motifs is 5. The summed E-state index contributed by atoms with van der Waals surface area (Å²) in [5, 5.41) is 0. The Hall–Kier alpha value is -3.74. The summed E-state index contributed by atoms with van der Waals surface area (Å²) in [7, 11) is 1.53. The first-order valence-electron chi connectivity index (χ1n) is 10.5. The van der Waals surface area contributed by atoms with E-state index in [-0.39, 0.29) is 46.8 Å². The molecule has 0 radical (unpaired) electrons. The van der Waals surface area contributed by atoms with Crippen LogP contribution in [0.3, 0.4) is 0 Å². The summed E-state index contributed by atoms with van der Waals surface area (Å²) in [4.78, 5) is 52.0. The number of ketones is 1. The van der Waals surface area contributed by atoms with Crippen LogP contribution in [0.15, 0.2) is 60.7 Å². The quantitative estimate of drug-likeness (QED) is 0.302. The number of anilines is 1. The zero-order valence-electron chi connectivity index (χ0n) is 17.4. The van der Waals surface area contributed by atoms with Crippen molar-refractivity contribution in [2.24, 2.45) is 23.7 Å². The van der Waals surface area contributed by atoms with Gasteiger partial charge in [0.2, 0.25) is 11.8 Å². The van der Waals surface area contributed by atoms with Crippen molar-refractivity contribution in [1.82, 2.24) is 0 Å². The van der Waals surface area contributed by atoms with Crippen LogP contribution in [0.2, 0.25) is 0 Å². The SMILES string of the molecule is COc1ccc(C(=O)COC(=O)c2cccc(N3C(=O)[C@H]4[C@H](C3=O)[C@H]3C=C[C@H]4C3)c2)cc1. The maximum absolute atomic E-state index is 13.0. The molecule has 32 heavy (non-hydrogen) atoms. The maximum atomic E-state index is 13.0. The Morgan fingerprint density at radius 1 is 0.938 bits per heavy atom. The number of allylic oxidation sites excluding steroid dienone is 2. The molecule has 1 heterocycles. The molecule has 1 aliphatic heterocycles. The minimum absolute atomic E-state index is 0.114. The molecule has 3 aliphatic rings. The highest BCUT2D eigenvalue weighted by atomic mass is 16.5. The minimum Gasteiger partial charge on any atom is -0.497 e. The van der Waals surface area contributed by atoms with Gasteiger partial charge in [-0.3, -0.25) is 14.4 Å². The number of nitrogens with zero attached hydrogens (tertiary/aromatic N) is 1. The van der Waals surface area contributed by atoms with Crippen LogP contribution in [-0.2, 0) is 14.3 Å². The van der Waals surface area contributed by atoms with Gasteiger partial charge in [-0.25, -0.2) is 9.69 Å². The molecule has 0 aromatic heterocycles. The first-order chi connectivity index (χ1) is 15.5. The number of ether oxygens (including phenoxy) is 2. The fourth-order valence-electron chi connectivity index (χ4n) is 5.00. The summed E-state index contributed by atoms with van der Waals surface area (Å²) in [5.74, 6) is -1.24. The molecule has 2 fully saturated rings. The second-order valence-corrected chi connectivity index (χ2v) is 8.29. The predicted octanol–water partition coefficient (Wildman–Crippen LogP) is 3.05. The zero-order chi connectivity index (χ0) is 22.4. The number of amides is 2. The largest absolute Gasteiger partial charge is 0.497 e. The van der Waals surface area contributed by atoms with E-state index in [2.05, 4.69) is 0 Å². The Bertz CT molecular complexity index is 1120. The van der Waals surface area contributed by atoms with Crippen molar-refractivity contribution in [3.8, 4) is 5.75 Å².